The van der Waals surface area contributed by atoms with E-state index in [1.165, 1.54) is 6.20 Å². The van der Waals surface area contributed by atoms with Crippen LogP contribution >= 0.6 is 28.4 Å². The molecule has 1 saturated heterocycles. The third kappa shape index (κ3) is 4.12. The SMILES string of the molecule is CCn1nccc1C1CCC(C)CN1C(=O)C(=O)Nc1cnc(N)c2cnn(PI)c12. The summed E-state index contributed by atoms with van der Waals surface area (Å²) < 4.78 is 3.62. The minimum atomic E-state index is -0.695. The van der Waals surface area contributed by atoms with Gasteiger partial charge in [-0.25, -0.2) is 9.44 Å². The molecule has 2 amide bonds. The normalized spacial score (nSPS) is 19.4. The average Bonchev–Trinajstić information content (AvgIpc) is 3.42. The molecular formula is C19H24IN8O2P. The summed E-state index contributed by atoms with van der Waals surface area (Å²) in [6, 6.07) is 1.75. The Kier molecular flexibility index (Phi) is 6.42. The predicted molar refractivity (Wildman–Crippen MR) is 129 cm³/mol. The van der Waals surface area contributed by atoms with E-state index in [0.29, 0.717) is 47.8 Å². The molecule has 0 bridgehead atoms. The van der Waals surface area contributed by atoms with Gasteiger partial charge in [0.2, 0.25) is 0 Å². The summed E-state index contributed by atoms with van der Waals surface area (Å²) in [5, 5.41) is 12.0. The van der Waals surface area contributed by atoms with Crippen molar-refractivity contribution in [2.24, 2.45) is 5.92 Å². The van der Waals surface area contributed by atoms with Gasteiger partial charge in [0.1, 0.15) is 11.3 Å². The molecule has 0 aromatic carbocycles. The first kappa shape index (κ1) is 21.9. The molecule has 1 aliphatic rings. The summed E-state index contributed by atoms with van der Waals surface area (Å²) in [4.78, 5) is 32.1. The van der Waals surface area contributed by atoms with E-state index in [0.717, 1.165) is 18.5 Å². The number of pyridine rings is 1. The molecule has 0 aliphatic carbocycles. The van der Waals surface area contributed by atoms with Crippen molar-refractivity contribution in [1.29, 1.82) is 0 Å². The minimum absolute atomic E-state index is 0.178. The van der Waals surface area contributed by atoms with Gasteiger partial charge in [-0.2, -0.15) is 10.2 Å². The van der Waals surface area contributed by atoms with Crippen LogP contribution < -0.4 is 11.1 Å². The smallest absolute Gasteiger partial charge is 0.314 e. The number of aromatic nitrogens is 5. The second kappa shape index (κ2) is 9.07. The van der Waals surface area contributed by atoms with Crippen LogP contribution in [0.5, 0.6) is 0 Å². The Balaban J connectivity index is 1.62. The summed E-state index contributed by atoms with van der Waals surface area (Å²) in [7, 11) is 0. The number of rotatable bonds is 4. The second-order valence-corrected chi connectivity index (χ2v) is 9.68. The maximum atomic E-state index is 13.3. The number of amides is 2. The standard InChI is InChI=1S/C19H24IN8O2P/c1-3-27-15(6-7-23-27)14-5-4-11(2)10-26(14)19(30)18(29)25-13-9-22-17(21)12-8-24-28(31-20)16(12)13/h6-9,11,14,31H,3-5,10H2,1-2H3,(H2,21,22)(H,25,29). The van der Waals surface area contributed by atoms with Gasteiger partial charge >= 0.3 is 11.8 Å². The first-order valence-corrected chi connectivity index (χ1v) is 14.1. The van der Waals surface area contributed by atoms with Gasteiger partial charge in [0.25, 0.3) is 0 Å². The fourth-order valence-corrected chi connectivity index (χ4v) is 5.62. The third-order valence-corrected chi connectivity index (χ3v) is 7.49. The molecule has 0 saturated carbocycles. The quantitative estimate of drug-likeness (QED) is 0.291. The van der Waals surface area contributed by atoms with Gasteiger partial charge in [0.05, 0.1) is 41.6 Å². The number of fused-ring (bicyclic) bond motifs is 1. The number of piperidine rings is 1. The fourth-order valence-electron chi connectivity index (χ4n) is 4.10. The number of nitrogens with zero attached hydrogens (tertiary/aromatic N) is 6. The largest absolute Gasteiger partial charge is 0.383 e. The topological polar surface area (TPSA) is 124 Å². The van der Waals surface area contributed by atoms with E-state index >= 15 is 0 Å². The molecule has 1 fully saturated rings. The molecule has 12 heteroatoms. The molecule has 3 aromatic heterocycles. The fraction of sp³-hybridized carbons (Fsp3) is 0.421. The number of nitrogens with two attached hydrogens (primary N) is 1. The minimum Gasteiger partial charge on any atom is -0.383 e. The Morgan fingerprint density at radius 1 is 1.32 bits per heavy atom. The van der Waals surface area contributed by atoms with Crippen LogP contribution in [0.3, 0.4) is 0 Å². The number of anilines is 2. The number of hydrogen-bond donors (Lipinski definition) is 2. The van der Waals surface area contributed by atoms with Crippen LogP contribution in [0.1, 0.15) is 38.4 Å². The molecule has 1 aliphatic heterocycles. The number of carbonyl (C=O) groups excluding carboxylic acids is 2. The number of likely N-dealkylation sites (tertiary alicyclic amines) is 1. The highest BCUT2D eigenvalue weighted by molar-refractivity contribution is 14.2. The van der Waals surface area contributed by atoms with Crippen LogP contribution in [0.2, 0.25) is 0 Å². The monoisotopic (exact) mass is 554 g/mol. The Morgan fingerprint density at radius 3 is 2.87 bits per heavy atom. The van der Waals surface area contributed by atoms with Crippen molar-refractivity contribution in [3.8, 4) is 0 Å². The van der Waals surface area contributed by atoms with E-state index < -0.39 is 11.8 Å². The van der Waals surface area contributed by atoms with E-state index in [1.807, 2.05) is 17.7 Å². The summed E-state index contributed by atoms with van der Waals surface area (Å²) >= 11 is 2.20. The first-order chi connectivity index (χ1) is 14.9. The number of aryl methyl sites for hydroxylation is 1. The molecule has 31 heavy (non-hydrogen) atoms. The lowest BCUT2D eigenvalue weighted by atomic mass is 9.92. The van der Waals surface area contributed by atoms with Crippen LogP contribution in [0, 0.1) is 5.92 Å². The Morgan fingerprint density at radius 2 is 2.13 bits per heavy atom. The van der Waals surface area contributed by atoms with Gasteiger partial charge < -0.3 is 16.0 Å². The second-order valence-electron chi connectivity index (χ2n) is 7.64. The Bertz CT molecular complexity index is 1130. The zero-order chi connectivity index (χ0) is 22.1. The summed E-state index contributed by atoms with van der Waals surface area (Å²) in [6.45, 7) is 5.34. The first-order valence-electron chi connectivity index (χ1n) is 10.1. The number of hydrogen-bond acceptors (Lipinski definition) is 6. The van der Waals surface area contributed by atoms with Gasteiger partial charge in [-0.3, -0.25) is 14.3 Å². The molecule has 10 nitrogen and oxygen atoms in total. The van der Waals surface area contributed by atoms with Crippen LogP contribution in [0.15, 0.2) is 24.7 Å². The highest BCUT2D eigenvalue weighted by Gasteiger charge is 2.36. The zero-order valence-electron chi connectivity index (χ0n) is 17.2. The van der Waals surface area contributed by atoms with E-state index in [4.69, 9.17) is 5.73 Å². The molecule has 4 heterocycles. The number of carbonyl (C=O) groups is 2. The van der Waals surface area contributed by atoms with Crippen molar-refractivity contribution in [2.75, 3.05) is 17.6 Å². The maximum Gasteiger partial charge on any atom is 0.314 e. The molecule has 3 unspecified atom stereocenters. The van der Waals surface area contributed by atoms with Crippen LogP contribution in [-0.4, -0.2) is 47.6 Å². The van der Waals surface area contributed by atoms with Crippen molar-refractivity contribution >= 4 is 62.6 Å². The van der Waals surface area contributed by atoms with Crippen molar-refractivity contribution in [3.05, 3.63) is 30.4 Å². The van der Waals surface area contributed by atoms with Gasteiger partial charge in [0, 0.05) is 19.3 Å². The van der Waals surface area contributed by atoms with Gasteiger partial charge in [0.15, 0.2) is 0 Å². The van der Waals surface area contributed by atoms with E-state index in [9.17, 15) is 9.59 Å². The van der Waals surface area contributed by atoms with Crippen LogP contribution in [0.25, 0.3) is 10.9 Å². The van der Waals surface area contributed by atoms with Crippen LogP contribution in [0.4, 0.5) is 11.5 Å². The molecule has 0 spiro atoms. The van der Waals surface area contributed by atoms with E-state index in [1.54, 1.807) is 21.7 Å². The Hall–Kier alpha value is -2.27. The van der Waals surface area contributed by atoms with Crippen molar-refractivity contribution in [2.45, 2.75) is 39.3 Å². The van der Waals surface area contributed by atoms with Crippen molar-refractivity contribution < 1.29 is 9.59 Å². The lowest BCUT2D eigenvalue weighted by Crippen LogP contribution is -2.47. The molecule has 3 aromatic rings. The average molecular weight is 554 g/mol. The van der Waals surface area contributed by atoms with E-state index in [-0.39, 0.29) is 6.04 Å². The van der Waals surface area contributed by atoms with Crippen LogP contribution in [-0.2, 0) is 16.1 Å². The molecule has 0 radical (unpaired) electrons. The number of nitrogen functional groups attached to an aromatic ring is 1. The summed E-state index contributed by atoms with van der Waals surface area (Å²) in [6.07, 6.45) is 6.92. The van der Waals surface area contributed by atoms with Crippen molar-refractivity contribution in [3.63, 3.8) is 0 Å². The molecule has 164 valence electrons. The van der Waals surface area contributed by atoms with Gasteiger partial charge in [-0.15, -0.1) is 0 Å². The highest BCUT2D eigenvalue weighted by Crippen LogP contribution is 2.35. The lowest BCUT2D eigenvalue weighted by molar-refractivity contribution is -0.146. The Labute approximate surface area is 194 Å². The highest BCUT2D eigenvalue weighted by atomic mass is 127. The third-order valence-electron chi connectivity index (χ3n) is 5.62. The summed E-state index contributed by atoms with van der Waals surface area (Å²) in [5.74, 6) is -0.608. The molecule has 3 atom stereocenters. The summed E-state index contributed by atoms with van der Waals surface area (Å²) in [5.41, 5.74) is 7.99. The lowest BCUT2D eigenvalue weighted by Gasteiger charge is -2.38. The predicted octanol–water partition coefficient (Wildman–Crippen LogP) is 2.96. The molecule has 3 N–H and O–H groups in total. The molecule has 4 rings (SSSR count). The number of halogens is 1. The zero-order valence-corrected chi connectivity index (χ0v) is 20.4. The van der Waals surface area contributed by atoms with Gasteiger partial charge in [-0.1, -0.05) is 6.92 Å². The van der Waals surface area contributed by atoms with Crippen molar-refractivity contribution in [1.82, 2.24) is 29.2 Å². The maximum absolute atomic E-state index is 13.3. The van der Waals surface area contributed by atoms with E-state index in [2.05, 4.69) is 49.5 Å². The molecular weight excluding hydrogens is 530 g/mol. The van der Waals surface area contributed by atoms with Gasteiger partial charge in [-0.05, 0) is 53.8 Å². The number of nitrogens with one attached hydrogen (secondary N) is 1.